The van der Waals surface area contributed by atoms with E-state index in [1.54, 1.807) is 12.1 Å². The summed E-state index contributed by atoms with van der Waals surface area (Å²) in [5.41, 5.74) is 9.83. The molecule has 1 unspecified atom stereocenters. The molecule has 8 nitrogen and oxygen atoms in total. The average Bonchev–Trinajstić information content (AvgIpc) is 3.15. The summed E-state index contributed by atoms with van der Waals surface area (Å²) >= 11 is 0. The SMILES string of the molecule is CCCCOc1cc(CC)ccc1Oc1ccc(N2CC(CN=[N+]=[N-])OC2=O)cc1F. The van der Waals surface area contributed by atoms with Crippen LogP contribution in [0.3, 0.4) is 0 Å². The standard InChI is InChI=1S/C22H25FN4O4/c1-3-5-10-29-21-11-15(4-2)6-8-20(21)31-19-9-7-16(12-18(19)23)27-14-17(13-25-26-24)30-22(27)28/h6-9,11-12,17H,3-5,10,13-14H2,1-2H3. The Hall–Kier alpha value is -3.45. The van der Waals surface area contributed by atoms with E-state index in [0.29, 0.717) is 23.8 Å². The summed E-state index contributed by atoms with van der Waals surface area (Å²) in [5.74, 6) is 0.393. The minimum absolute atomic E-state index is 0.0199. The van der Waals surface area contributed by atoms with Crippen LogP contribution in [0, 0.1) is 5.82 Å². The number of anilines is 1. The van der Waals surface area contributed by atoms with Gasteiger partial charge in [-0.1, -0.05) is 31.4 Å². The number of aryl methyl sites for hydroxylation is 1. The molecule has 164 valence electrons. The third-order valence-electron chi connectivity index (χ3n) is 4.84. The molecule has 1 atom stereocenters. The van der Waals surface area contributed by atoms with Crippen molar-refractivity contribution in [3.63, 3.8) is 0 Å². The van der Waals surface area contributed by atoms with Gasteiger partial charge in [0.05, 0.1) is 25.4 Å². The number of ether oxygens (including phenoxy) is 3. The van der Waals surface area contributed by atoms with E-state index < -0.39 is 18.0 Å². The number of hydrogen-bond acceptors (Lipinski definition) is 5. The zero-order valence-electron chi connectivity index (χ0n) is 17.6. The van der Waals surface area contributed by atoms with Gasteiger partial charge in [0.2, 0.25) is 0 Å². The van der Waals surface area contributed by atoms with Gasteiger partial charge in [-0.05, 0) is 48.2 Å². The van der Waals surface area contributed by atoms with Crippen molar-refractivity contribution in [1.29, 1.82) is 0 Å². The van der Waals surface area contributed by atoms with Crippen molar-refractivity contribution in [1.82, 2.24) is 0 Å². The van der Waals surface area contributed by atoms with Crippen molar-refractivity contribution in [3.05, 3.63) is 58.2 Å². The van der Waals surface area contributed by atoms with E-state index in [9.17, 15) is 9.18 Å². The smallest absolute Gasteiger partial charge is 0.414 e. The van der Waals surface area contributed by atoms with Crippen LogP contribution >= 0.6 is 0 Å². The summed E-state index contributed by atoms with van der Waals surface area (Å²) < 4.78 is 31.6. The maximum atomic E-state index is 14.8. The number of cyclic esters (lactones) is 1. The molecule has 2 aromatic carbocycles. The van der Waals surface area contributed by atoms with E-state index in [4.69, 9.17) is 19.7 Å². The van der Waals surface area contributed by atoms with Crippen molar-refractivity contribution < 1.29 is 23.4 Å². The van der Waals surface area contributed by atoms with Crippen LogP contribution in [0.1, 0.15) is 32.3 Å². The summed E-state index contributed by atoms with van der Waals surface area (Å²) in [4.78, 5) is 16.0. The van der Waals surface area contributed by atoms with E-state index in [1.807, 2.05) is 19.1 Å². The Morgan fingerprint density at radius 3 is 2.74 bits per heavy atom. The lowest BCUT2D eigenvalue weighted by atomic mass is 10.1. The number of carbonyl (C=O) groups is 1. The van der Waals surface area contributed by atoms with Gasteiger partial charge in [-0.15, -0.1) is 0 Å². The molecule has 1 amide bonds. The molecule has 2 aromatic rings. The first-order valence-electron chi connectivity index (χ1n) is 10.3. The molecule has 1 fully saturated rings. The Morgan fingerprint density at radius 1 is 1.23 bits per heavy atom. The number of halogens is 1. The molecule has 9 heteroatoms. The maximum absolute atomic E-state index is 14.8. The van der Waals surface area contributed by atoms with Gasteiger partial charge in [-0.2, -0.15) is 0 Å². The molecular formula is C22H25FN4O4. The molecule has 0 radical (unpaired) electrons. The number of azide groups is 1. The first-order valence-corrected chi connectivity index (χ1v) is 10.3. The highest BCUT2D eigenvalue weighted by Gasteiger charge is 2.32. The van der Waals surface area contributed by atoms with Crippen molar-refractivity contribution in [2.75, 3.05) is 24.6 Å². The normalized spacial score (nSPS) is 15.4. The van der Waals surface area contributed by atoms with Gasteiger partial charge < -0.3 is 14.2 Å². The highest BCUT2D eigenvalue weighted by molar-refractivity contribution is 5.89. The van der Waals surface area contributed by atoms with E-state index >= 15 is 0 Å². The molecule has 1 saturated heterocycles. The molecule has 1 heterocycles. The van der Waals surface area contributed by atoms with E-state index in [2.05, 4.69) is 16.9 Å². The van der Waals surface area contributed by atoms with Crippen LogP contribution in [-0.2, 0) is 11.2 Å². The summed E-state index contributed by atoms with van der Waals surface area (Å²) in [6.45, 7) is 4.87. The number of nitrogens with zero attached hydrogens (tertiary/aromatic N) is 4. The summed E-state index contributed by atoms with van der Waals surface area (Å²) in [5, 5.41) is 3.41. The molecule has 1 aliphatic rings. The van der Waals surface area contributed by atoms with Crippen molar-refractivity contribution in [2.24, 2.45) is 5.11 Å². The van der Waals surface area contributed by atoms with Gasteiger partial charge in [0.1, 0.15) is 6.10 Å². The topological polar surface area (TPSA) is 96.8 Å². The van der Waals surface area contributed by atoms with Crippen molar-refractivity contribution in [3.8, 4) is 17.2 Å². The molecule has 0 bridgehead atoms. The first-order chi connectivity index (χ1) is 15.0. The summed E-state index contributed by atoms with van der Waals surface area (Å²) in [6, 6.07) is 9.84. The second-order valence-corrected chi connectivity index (χ2v) is 7.08. The Labute approximate surface area is 180 Å². The lowest BCUT2D eigenvalue weighted by Crippen LogP contribution is -2.25. The van der Waals surface area contributed by atoms with Crippen LogP contribution in [0.4, 0.5) is 14.9 Å². The van der Waals surface area contributed by atoms with Crippen LogP contribution in [0.15, 0.2) is 41.5 Å². The molecule has 0 saturated carbocycles. The third-order valence-corrected chi connectivity index (χ3v) is 4.84. The Balaban J connectivity index is 1.76. The van der Waals surface area contributed by atoms with Gasteiger partial charge >= 0.3 is 6.09 Å². The van der Waals surface area contributed by atoms with Crippen LogP contribution < -0.4 is 14.4 Å². The Morgan fingerprint density at radius 2 is 2.03 bits per heavy atom. The number of rotatable bonds is 10. The summed E-state index contributed by atoms with van der Waals surface area (Å²) in [7, 11) is 0. The van der Waals surface area contributed by atoms with Crippen LogP contribution in [0.5, 0.6) is 17.2 Å². The molecule has 0 aliphatic carbocycles. The highest BCUT2D eigenvalue weighted by Crippen LogP contribution is 2.35. The molecule has 3 rings (SSSR count). The van der Waals surface area contributed by atoms with Gasteiger partial charge in [-0.3, -0.25) is 4.90 Å². The van der Waals surface area contributed by atoms with Crippen LogP contribution in [-0.4, -0.2) is 31.9 Å². The fourth-order valence-corrected chi connectivity index (χ4v) is 3.11. The molecule has 0 spiro atoms. The quantitative estimate of drug-likeness (QED) is 0.201. The second kappa shape index (κ2) is 10.5. The van der Waals surface area contributed by atoms with Crippen molar-refractivity contribution in [2.45, 2.75) is 39.2 Å². The minimum Gasteiger partial charge on any atom is -0.490 e. The largest absolute Gasteiger partial charge is 0.490 e. The number of benzene rings is 2. The zero-order chi connectivity index (χ0) is 22.2. The zero-order valence-corrected chi connectivity index (χ0v) is 17.6. The van der Waals surface area contributed by atoms with Crippen LogP contribution in [0.25, 0.3) is 10.4 Å². The lowest BCUT2D eigenvalue weighted by molar-refractivity contribution is 0.145. The summed E-state index contributed by atoms with van der Waals surface area (Å²) in [6.07, 6.45) is 1.57. The molecule has 1 aliphatic heterocycles. The molecule has 0 N–H and O–H groups in total. The van der Waals surface area contributed by atoms with Gasteiger partial charge in [-0.25, -0.2) is 9.18 Å². The number of unbranched alkanes of at least 4 members (excludes halogenated alkanes) is 1. The Kier molecular flexibility index (Phi) is 7.56. The lowest BCUT2D eigenvalue weighted by Gasteiger charge is -2.16. The van der Waals surface area contributed by atoms with Gasteiger partial charge in [0.15, 0.2) is 23.1 Å². The van der Waals surface area contributed by atoms with E-state index in [1.165, 1.54) is 17.0 Å². The predicted octanol–water partition coefficient (Wildman–Crippen LogP) is 5.99. The fraction of sp³-hybridized carbons (Fsp3) is 0.409. The third kappa shape index (κ3) is 5.58. The molecule has 31 heavy (non-hydrogen) atoms. The van der Waals surface area contributed by atoms with Crippen LogP contribution in [0.2, 0.25) is 0 Å². The number of hydrogen-bond donors (Lipinski definition) is 0. The van der Waals surface area contributed by atoms with E-state index in [-0.39, 0.29) is 18.8 Å². The predicted molar refractivity (Wildman–Crippen MR) is 114 cm³/mol. The highest BCUT2D eigenvalue weighted by atomic mass is 19.1. The maximum Gasteiger partial charge on any atom is 0.414 e. The average molecular weight is 428 g/mol. The van der Waals surface area contributed by atoms with Crippen molar-refractivity contribution >= 4 is 11.8 Å². The number of carbonyl (C=O) groups excluding carboxylic acids is 1. The van der Waals surface area contributed by atoms with E-state index in [0.717, 1.165) is 24.8 Å². The van der Waals surface area contributed by atoms with Gasteiger partial charge in [0, 0.05) is 11.0 Å². The second-order valence-electron chi connectivity index (χ2n) is 7.08. The first kappa shape index (κ1) is 22.2. The Bertz CT molecular complexity index is 978. The molecular weight excluding hydrogens is 403 g/mol. The monoisotopic (exact) mass is 428 g/mol. The van der Waals surface area contributed by atoms with Gasteiger partial charge in [0.25, 0.3) is 0 Å². The fourth-order valence-electron chi connectivity index (χ4n) is 3.11. The molecule has 0 aromatic heterocycles. The number of amides is 1. The minimum atomic E-state index is -0.622.